The quantitative estimate of drug-likeness (QED) is 0.593. The van der Waals surface area contributed by atoms with Crippen LogP contribution >= 0.6 is 0 Å². The highest BCUT2D eigenvalue weighted by atomic mass is 32.2. The second-order valence-electron chi connectivity index (χ2n) is 2.27. The molecule has 0 aromatic carbocycles. The molecule has 0 aliphatic rings. The lowest BCUT2D eigenvalue weighted by molar-refractivity contribution is 0.201. The van der Waals surface area contributed by atoms with Crippen molar-refractivity contribution < 1.29 is 13.5 Å². The molecule has 0 radical (unpaired) electrons. The normalized spacial score (nSPS) is 14.6. The monoisotopic (exact) mass is 164 g/mol. The van der Waals surface area contributed by atoms with Crippen molar-refractivity contribution >= 4 is 9.84 Å². The Morgan fingerprint density at radius 1 is 1.70 bits per heavy atom. The second kappa shape index (κ2) is 3.73. The van der Waals surface area contributed by atoms with E-state index in [0.29, 0.717) is 6.42 Å². The summed E-state index contributed by atoms with van der Waals surface area (Å²) >= 11 is 0. The molecule has 3 nitrogen and oxygen atoms in total. The molecule has 0 fully saturated rings. The van der Waals surface area contributed by atoms with Crippen LogP contribution in [0.3, 0.4) is 0 Å². The Hall–Kier alpha value is -0.350. The third-order valence-corrected chi connectivity index (χ3v) is 1.92. The van der Waals surface area contributed by atoms with Crippen LogP contribution < -0.4 is 0 Å². The first-order chi connectivity index (χ1) is 4.45. The van der Waals surface area contributed by atoms with E-state index >= 15 is 0 Å². The predicted octanol–water partition coefficient (Wildman–Crippen LogP) is -0.0320. The van der Waals surface area contributed by atoms with E-state index in [9.17, 15) is 8.42 Å². The first kappa shape index (κ1) is 9.65. The van der Waals surface area contributed by atoms with Gasteiger partial charge in [-0.05, 0) is 6.42 Å². The fourth-order valence-electron chi connectivity index (χ4n) is 0.610. The minimum Gasteiger partial charge on any atom is -0.392 e. The van der Waals surface area contributed by atoms with Crippen molar-refractivity contribution in [1.29, 1.82) is 0 Å². The summed E-state index contributed by atoms with van der Waals surface area (Å²) in [7, 11) is -3.04. The molecule has 1 atom stereocenters. The van der Waals surface area contributed by atoms with Crippen LogP contribution in [0.4, 0.5) is 0 Å². The Kier molecular flexibility index (Phi) is 3.60. The van der Waals surface area contributed by atoms with Gasteiger partial charge in [-0.25, -0.2) is 8.42 Å². The highest BCUT2D eigenvalue weighted by Gasteiger charge is 2.09. The molecule has 10 heavy (non-hydrogen) atoms. The summed E-state index contributed by atoms with van der Waals surface area (Å²) < 4.78 is 21.0. The third-order valence-electron chi connectivity index (χ3n) is 0.934. The summed E-state index contributed by atoms with van der Waals surface area (Å²) in [5, 5.41) is 8.93. The van der Waals surface area contributed by atoms with E-state index in [1.807, 2.05) is 0 Å². The molecule has 0 heterocycles. The van der Waals surface area contributed by atoms with Crippen molar-refractivity contribution in [1.82, 2.24) is 0 Å². The zero-order valence-electron chi connectivity index (χ0n) is 5.95. The first-order valence-corrected chi connectivity index (χ1v) is 4.98. The van der Waals surface area contributed by atoms with E-state index in [1.165, 1.54) is 6.08 Å². The van der Waals surface area contributed by atoms with Gasteiger partial charge in [-0.15, -0.1) is 6.58 Å². The minimum absolute atomic E-state index is 0.182. The third kappa shape index (κ3) is 5.78. The molecule has 4 heteroatoms. The van der Waals surface area contributed by atoms with Gasteiger partial charge in [0.1, 0.15) is 9.84 Å². The molecule has 0 rings (SSSR count). The Labute approximate surface area is 61.3 Å². The highest BCUT2D eigenvalue weighted by molar-refractivity contribution is 7.90. The van der Waals surface area contributed by atoms with Crippen LogP contribution in [-0.4, -0.2) is 31.6 Å². The smallest absolute Gasteiger partial charge is 0.150 e. The van der Waals surface area contributed by atoms with Gasteiger partial charge >= 0.3 is 0 Å². The summed E-state index contributed by atoms with van der Waals surface area (Å²) in [6.07, 6.45) is 2.12. The van der Waals surface area contributed by atoms with Gasteiger partial charge in [-0.1, -0.05) is 6.08 Å². The van der Waals surface area contributed by atoms with E-state index < -0.39 is 15.9 Å². The SMILES string of the molecule is C=CCC(O)CS(C)(=O)=O. The molecule has 60 valence electrons. The van der Waals surface area contributed by atoms with Gasteiger partial charge in [-0.2, -0.15) is 0 Å². The lowest BCUT2D eigenvalue weighted by Crippen LogP contribution is -2.18. The zero-order chi connectivity index (χ0) is 8.20. The van der Waals surface area contributed by atoms with Gasteiger partial charge in [0.15, 0.2) is 0 Å². The molecular formula is C6H12O3S. The van der Waals surface area contributed by atoms with Crippen LogP contribution in [0.15, 0.2) is 12.7 Å². The fraction of sp³-hybridized carbons (Fsp3) is 0.667. The molecule has 1 N–H and O–H groups in total. The number of hydrogen-bond acceptors (Lipinski definition) is 3. The van der Waals surface area contributed by atoms with Gasteiger partial charge in [0, 0.05) is 6.26 Å². The van der Waals surface area contributed by atoms with Gasteiger partial charge in [0.05, 0.1) is 11.9 Å². The lowest BCUT2D eigenvalue weighted by atomic mass is 10.3. The van der Waals surface area contributed by atoms with Crippen LogP contribution in [0, 0.1) is 0 Å². The van der Waals surface area contributed by atoms with Crippen LogP contribution in [0.25, 0.3) is 0 Å². The average Bonchev–Trinajstić information content (AvgIpc) is 1.59. The zero-order valence-corrected chi connectivity index (χ0v) is 6.76. The Balaban J connectivity index is 3.80. The molecular weight excluding hydrogens is 152 g/mol. The van der Waals surface area contributed by atoms with Gasteiger partial charge < -0.3 is 5.11 Å². The number of rotatable bonds is 4. The molecule has 0 saturated carbocycles. The Bertz CT molecular complexity index is 193. The van der Waals surface area contributed by atoms with E-state index in [1.54, 1.807) is 0 Å². The van der Waals surface area contributed by atoms with E-state index in [-0.39, 0.29) is 5.75 Å². The topological polar surface area (TPSA) is 54.4 Å². The summed E-state index contributed by atoms with van der Waals surface area (Å²) in [5.41, 5.74) is 0. The first-order valence-electron chi connectivity index (χ1n) is 2.92. The maximum atomic E-state index is 10.5. The molecule has 0 aromatic rings. The van der Waals surface area contributed by atoms with Crippen molar-refractivity contribution in [3.63, 3.8) is 0 Å². The molecule has 0 spiro atoms. The average molecular weight is 164 g/mol. The summed E-state index contributed by atoms with van der Waals surface area (Å²) in [5.74, 6) is -0.182. The van der Waals surface area contributed by atoms with Crippen molar-refractivity contribution in [2.24, 2.45) is 0 Å². The van der Waals surface area contributed by atoms with Gasteiger partial charge in [0.25, 0.3) is 0 Å². The number of aliphatic hydroxyl groups is 1. The molecule has 0 saturated heterocycles. The van der Waals surface area contributed by atoms with Crippen molar-refractivity contribution in [3.8, 4) is 0 Å². The maximum absolute atomic E-state index is 10.5. The Morgan fingerprint density at radius 2 is 2.20 bits per heavy atom. The van der Waals surface area contributed by atoms with Crippen LogP contribution in [0.1, 0.15) is 6.42 Å². The summed E-state index contributed by atoms with van der Waals surface area (Å²) in [6, 6.07) is 0. The molecule has 0 bridgehead atoms. The van der Waals surface area contributed by atoms with Crippen LogP contribution in [0.5, 0.6) is 0 Å². The number of aliphatic hydroxyl groups excluding tert-OH is 1. The van der Waals surface area contributed by atoms with E-state index in [2.05, 4.69) is 6.58 Å². The van der Waals surface area contributed by atoms with Crippen LogP contribution in [0.2, 0.25) is 0 Å². The standard InChI is InChI=1S/C6H12O3S/c1-3-4-6(7)5-10(2,8)9/h3,6-7H,1,4-5H2,2H3. The summed E-state index contributed by atoms with van der Waals surface area (Å²) in [4.78, 5) is 0. The van der Waals surface area contributed by atoms with Gasteiger partial charge in [0.2, 0.25) is 0 Å². The van der Waals surface area contributed by atoms with Crippen molar-refractivity contribution in [2.45, 2.75) is 12.5 Å². The van der Waals surface area contributed by atoms with Gasteiger partial charge in [-0.3, -0.25) is 0 Å². The lowest BCUT2D eigenvalue weighted by Gasteiger charge is -2.04. The fourth-order valence-corrected chi connectivity index (χ4v) is 1.44. The van der Waals surface area contributed by atoms with E-state index in [0.717, 1.165) is 6.26 Å². The molecule has 0 aliphatic carbocycles. The van der Waals surface area contributed by atoms with Crippen molar-refractivity contribution in [2.75, 3.05) is 12.0 Å². The molecule has 0 amide bonds. The molecule has 0 aromatic heterocycles. The largest absolute Gasteiger partial charge is 0.392 e. The number of sulfone groups is 1. The summed E-state index contributed by atoms with van der Waals surface area (Å²) in [6.45, 7) is 3.38. The highest BCUT2D eigenvalue weighted by Crippen LogP contribution is 1.95. The molecule has 1 unspecified atom stereocenters. The van der Waals surface area contributed by atoms with E-state index in [4.69, 9.17) is 5.11 Å². The predicted molar refractivity (Wildman–Crippen MR) is 40.5 cm³/mol. The minimum atomic E-state index is -3.04. The molecule has 0 aliphatic heterocycles. The number of hydrogen-bond donors (Lipinski definition) is 1. The van der Waals surface area contributed by atoms with Crippen LogP contribution in [-0.2, 0) is 9.84 Å². The second-order valence-corrected chi connectivity index (χ2v) is 4.46. The maximum Gasteiger partial charge on any atom is 0.150 e. The Morgan fingerprint density at radius 3 is 2.50 bits per heavy atom. The van der Waals surface area contributed by atoms with Crippen molar-refractivity contribution in [3.05, 3.63) is 12.7 Å².